The van der Waals surface area contributed by atoms with Crippen molar-refractivity contribution in [1.29, 1.82) is 0 Å². The summed E-state index contributed by atoms with van der Waals surface area (Å²) in [5.74, 6) is 0. The predicted octanol–water partition coefficient (Wildman–Crippen LogP) is 2.59. The molecule has 90 valence electrons. The van der Waals surface area contributed by atoms with Crippen LogP contribution in [0.4, 0.5) is 5.69 Å². The van der Waals surface area contributed by atoms with E-state index in [4.69, 9.17) is 5.11 Å². The van der Waals surface area contributed by atoms with Gasteiger partial charge in [-0.15, -0.1) is 0 Å². The third-order valence-corrected chi connectivity index (χ3v) is 3.96. The van der Waals surface area contributed by atoms with Crippen molar-refractivity contribution in [3.8, 4) is 0 Å². The molecule has 0 radical (unpaired) electrons. The van der Waals surface area contributed by atoms with Gasteiger partial charge in [-0.1, -0.05) is 15.9 Å². The van der Waals surface area contributed by atoms with Gasteiger partial charge >= 0.3 is 0 Å². The van der Waals surface area contributed by atoms with Crippen LogP contribution in [0.1, 0.15) is 11.1 Å². The second kappa shape index (κ2) is 6.00. The second-order valence-electron chi connectivity index (χ2n) is 3.68. The topological polar surface area (TPSA) is 52.5 Å². The van der Waals surface area contributed by atoms with Crippen LogP contribution in [0.25, 0.3) is 0 Å². The van der Waals surface area contributed by atoms with E-state index < -0.39 is 6.10 Å². The Labute approximate surface area is 112 Å². The number of nitrogens with one attached hydrogen (secondary N) is 1. The predicted molar refractivity (Wildman–Crippen MR) is 72.9 cm³/mol. The minimum absolute atomic E-state index is 0.237. The number of hydrogen-bond donors (Lipinski definition) is 3. The molecule has 0 aliphatic rings. The Balaban J connectivity index is 2.92. The van der Waals surface area contributed by atoms with Crippen LogP contribution in [0.2, 0.25) is 0 Å². The molecular weight excluding hydrogens is 338 g/mol. The first-order chi connectivity index (χ1) is 7.47. The van der Waals surface area contributed by atoms with E-state index in [0.29, 0.717) is 6.54 Å². The van der Waals surface area contributed by atoms with Crippen molar-refractivity contribution >= 4 is 37.5 Å². The van der Waals surface area contributed by atoms with Crippen LogP contribution < -0.4 is 5.32 Å². The van der Waals surface area contributed by atoms with E-state index in [-0.39, 0.29) is 6.61 Å². The quantitative estimate of drug-likeness (QED) is 0.780. The first kappa shape index (κ1) is 14.0. The van der Waals surface area contributed by atoms with Gasteiger partial charge in [0.15, 0.2) is 0 Å². The Kier molecular flexibility index (Phi) is 5.24. The van der Waals surface area contributed by atoms with Crippen molar-refractivity contribution < 1.29 is 10.2 Å². The standard InChI is InChI=1S/C11H15Br2NO2/c1-6-7(2)11(10(13)3-9(6)12)14-4-8(16)5-15/h3,8,14-16H,4-5H2,1-2H3. The molecule has 0 aliphatic carbocycles. The van der Waals surface area contributed by atoms with Crippen LogP contribution in [0.15, 0.2) is 15.0 Å². The summed E-state index contributed by atoms with van der Waals surface area (Å²) in [7, 11) is 0. The van der Waals surface area contributed by atoms with Crippen LogP contribution in [-0.4, -0.2) is 29.5 Å². The first-order valence-corrected chi connectivity index (χ1v) is 6.54. The zero-order chi connectivity index (χ0) is 12.3. The number of benzene rings is 1. The molecule has 3 nitrogen and oxygen atoms in total. The normalized spacial score (nSPS) is 12.6. The lowest BCUT2D eigenvalue weighted by molar-refractivity contribution is 0.105. The molecule has 1 aromatic rings. The molecule has 1 unspecified atom stereocenters. The summed E-state index contributed by atoms with van der Waals surface area (Å²) in [6.07, 6.45) is -0.741. The van der Waals surface area contributed by atoms with Crippen molar-refractivity contribution in [2.75, 3.05) is 18.5 Å². The van der Waals surface area contributed by atoms with Gasteiger partial charge in [0, 0.05) is 15.5 Å². The molecule has 1 rings (SSSR count). The molecule has 0 amide bonds. The highest BCUT2D eigenvalue weighted by molar-refractivity contribution is 9.11. The summed E-state index contributed by atoms with van der Waals surface area (Å²) in [6, 6.07) is 1.97. The highest BCUT2D eigenvalue weighted by Gasteiger charge is 2.10. The molecule has 1 atom stereocenters. The molecule has 0 spiro atoms. The van der Waals surface area contributed by atoms with Gasteiger partial charge in [-0.2, -0.15) is 0 Å². The monoisotopic (exact) mass is 351 g/mol. The summed E-state index contributed by atoms with van der Waals surface area (Å²) in [6.45, 7) is 4.13. The first-order valence-electron chi connectivity index (χ1n) is 4.95. The number of aliphatic hydroxyl groups excluding tert-OH is 2. The Morgan fingerprint density at radius 3 is 2.44 bits per heavy atom. The largest absolute Gasteiger partial charge is 0.394 e. The van der Waals surface area contributed by atoms with Gasteiger partial charge in [-0.05, 0) is 47.0 Å². The molecular formula is C11H15Br2NO2. The summed E-state index contributed by atoms with van der Waals surface area (Å²) >= 11 is 6.95. The minimum Gasteiger partial charge on any atom is -0.394 e. The van der Waals surface area contributed by atoms with E-state index in [1.807, 2.05) is 19.9 Å². The van der Waals surface area contributed by atoms with Crippen LogP contribution in [0, 0.1) is 13.8 Å². The van der Waals surface area contributed by atoms with E-state index in [2.05, 4.69) is 37.2 Å². The van der Waals surface area contributed by atoms with Crippen LogP contribution in [0.5, 0.6) is 0 Å². The molecule has 0 aliphatic heterocycles. The fourth-order valence-corrected chi connectivity index (χ4v) is 2.84. The average molecular weight is 353 g/mol. The number of rotatable bonds is 4. The van der Waals surface area contributed by atoms with Gasteiger partial charge < -0.3 is 15.5 Å². The Bertz CT molecular complexity index is 383. The van der Waals surface area contributed by atoms with Crippen molar-refractivity contribution in [3.63, 3.8) is 0 Å². The molecule has 3 N–H and O–H groups in total. The van der Waals surface area contributed by atoms with Gasteiger partial charge in [-0.3, -0.25) is 0 Å². The van der Waals surface area contributed by atoms with Crippen molar-refractivity contribution in [2.24, 2.45) is 0 Å². The van der Waals surface area contributed by atoms with Gasteiger partial charge in [0.2, 0.25) is 0 Å². The minimum atomic E-state index is -0.741. The highest BCUT2D eigenvalue weighted by atomic mass is 79.9. The third-order valence-electron chi connectivity index (χ3n) is 2.51. The molecule has 16 heavy (non-hydrogen) atoms. The van der Waals surface area contributed by atoms with Crippen molar-refractivity contribution in [3.05, 3.63) is 26.1 Å². The Hall–Kier alpha value is -0.100. The molecule has 0 bridgehead atoms. The molecule has 0 aromatic heterocycles. The van der Waals surface area contributed by atoms with E-state index in [1.165, 1.54) is 0 Å². The Morgan fingerprint density at radius 2 is 1.88 bits per heavy atom. The van der Waals surface area contributed by atoms with Crippen molar-refractivity contribution in [2.45, 2.75) is 20.0 Å². The molecule has 1 aromatic carbocycles. The Morgan fingerprint density at radius 1 is 1.25 bits per heavy atom. The summed E-state index contributed by atoms with van der Waals surface area (Å²) in [5, 5.41) is 21.2. The molecule has 0 fully saturated rings. The average Bonchev–Trinajstić information content (AvgIpc) is 2.25. The summed E-state index contributed by atoms with van der Waals surface area (Å²) in [5.41, 5.74) is 3.23. The number of aliphatic hydroxyl groups is 2. The highest BCUT2D eigenvalue weighted by Crippen LogP contribution is 2.33. The van der Waals surface area contributed by atoms with E-state index in [0.717, 1.165) is 25.8 Å². The van der Waals surface area contributed by atoms with Crippen LogP contribution >= 0.6 is 31.9 Å². The lowest BCUT2D eigenvalue weighted by Crippen LogP contribution is -2.23. The second-order valence-corrected chi connectivity index (χ2v) is 5.39. The maximum absolute atomic E-state index is 9.29. The van der Waals surface area contributed by atoms with E-state index >= 15 is 0 Å². The summed E-state index contributed by atoms with van der Waals surface area (Å²) in [4.78, 5) is 0. The van der Waals surface area contributed by atoms with Crippen LogP contribution in [-0.2, 0) is 0 Å². The third kappa shape index (κ3) is 3.20. The zero-order valence-electron chi connectivity index (χ0n) is 9.22. The number of halogens is 2. The fraction of sp³-hybridized carbons (Fsp3) is 0.455. The zero-order valence-corrected chi connectivity index (χ0v) is 12.4. The number of hydrogen-bond acceptors (Lipinski definition) is 3. The maximum Gasteiger partial charge on any atom is 0.0942 e. The lowest BCUT2D eigenvalue weighted by atomic mass is 10.1. The van der Waals surface area contributed by atoms with Gasteiger partial charge in [0.05, 0.1) is 18.4 Å². The summed E-state index contributed by atoms with van der Waals surface area (Å²) < 4.78 is 1.98. The smallest absolute Gasteiger partial charge is 0.0942 e. The molecule has 5 heteroatoms. The van der Waals surface area contributed by atoms with Crippen LogP contribution in [0.3, 0.4) is 0 Å². The SMILES string of the molecule is Cc1c(Br)cc(Br)c(NCC(O)CO)c1C. The van der Waals surface area contributed by atoms with Gasteiger partial charge in [-0.25, -0.2) is 0 Å². The lowest BCUT2D eigenvalue weighted by Gasteiger charge is -2.16. The molecule has 0 saturated heterocycles. The maximum atomic E-state index is 9.29. The number of anilines is 1. The van der Waals surface area contributed by atoms with Gasteiger partial charge in [0.25, 0.3) is 0 Å². The molecule has 0 saturated carbocycles. The van der Waals surface area contributed by atoms with E-state index in [1.54, 1.807) is 0 Å². The van der Waals surface area contributed by atoms with Crippen molar-refractivity contribution in [1.82, 2.24) is 0 Å². The fourth-order valence-electron chi connectivity index (χ4n) is 1.34. The van der Waals surface area contributed by atoms with E-state index in [9.17, 15) is 5.11 Å². The molecule has 0 heterocycles. The van der Waals surface area contributed by atoms with Gasteiger partial charge in [0.1, 0.15) is 0 Å².